The highest BCUT2D eigenvalue weighted by atomic mass is 32.2. The molecule has 0 aromatic rings. The van der Waals surface area contributed by atoms with Gasteiger partial charge in [0.1, 0.15) is 0 Å². The summed E-state index contributed by atoms with van der Waals surface area (Å²) in [6.07, 6.45) is 0. The Labute approximate surface area is 114 Å². The molecule has 1 unspecified atom stereocenters. The third-order valence-corrected chi connectivity index (χ3v) is 3.78. The first-order valence-corrected chi connectivity index (χ1v) is 7.43. The number of esters is 1. The van der Waals surface area contributed by atoms with Crippen LogP contribution in [0.5, 0.6) is 0 Å². The summed E-state index contributed by atoms with van der Waals surface area (Å²) in [4.78, 5) is 25.1. The van der Waals surface area contributed by atoms with E-state index in [1.807, 2.05) is 39.5 Å². The summed E-state index contributed by atoms with van der Waals surface area (Å²) in [7, 11) is 1.38. The van der Waals surface area contributed by atoms with Gasteiger partial charge in [0.15, 0.2) is 0 Å². The van der Waals surface area contributed by atoms with Gasteiger partial charge in [-0.1, -0.05) is 6.92 Å². The van der Waals surface area contributed by atoms with E-state index in [1.54, 1.807) is 0 Å². The molecule has 0 saturated heterocycles. The van der Waals surface area contributed by atoms with Crippen molar-refractivity contribution in [1.82, 2.24) is 4.90 Å². The number of ether oxygens (including phenoxy) is 1. The Hall–Kier alpha value is -0.710. The predicted octanol–water partition coefficient (Wildman–Crippen LogP) is 2.17. The Bertz CT molecular complexity index is 271. The molecule has 0 heterocycles. The molecule has 0 spiro atoms. The molecule has 0 saturated carbocycles. The monoisotopic (exact) mass is 275 g/mol. The molecule has 18 heavy (non-hydrogen) atoms. The summed E-state index contributed by atoms with van der Waals surface area (Å²) in [6, 6.07) is 0.410. The Balaban J connectivity index is 4.13. The van der Waals surface area contributed by atoms with Gasteiger partial charge in [-0.2, -0.15) is 11.8 Å². The van der Waals surface area contributed by atoms with Crippen LogP contribution in [-0.2, 0) is 14.3 Å². The largest absolute Gasteiger partial charge is 0.469 e. The quantitative estimate of drug-likeness (QED) is 0.668. The molecule has 1 amide bonds. The van der Waals surface area contributed by atoms with Gasteiger partial charge < -0.3 is 9.64 Å². The van der Waals surface area contributed by atoms with E-state index < -0.39 is 0 Å². The predicted molar refractivity (Wildman–Crippen MR) is 75.6 cm³/mol. The van der Waals surface area contributed by atoms with Gasteiger partial charge in [-0.25, -0.2) is 0 Å². The van der Waals surface area contributed by atoms with Crippen LogP contribution in [0.15, 0.2) is 0 Å². The highest BCUT2D eigenvalue weighted by Crippen LogP contribution is 2.13. The molecule has 1 atom stereocenters. The van der Waals surface area contributed by atoms with Crippen molar-refractivity contribution in [2.75, 3.05) is 18.6 Å². The third-order valence-electron chi connectivity index (χ3n) is 2.60. The zero-order valence-corrected chi connectivity index (χ0v) is 13.0. The van der Waals surface area contributed by atoms with Gasteiger partial charge >= 0.3 is 5.97 Å². The number of thioether (sulfide) groups is 1. The number of methoxy groups -OCH3 is 1. The topological polar surface area (TPSA) is 46.6 Å². The smallest absolute Gasteiger partial charge is 0.309 e. The first-order chi connectivity index (χ1) is 8.31. The van der Waals surface area contributed by atoms with Crippen LogP contribution in [0.25, 0.3) is 0 Å². The maximum Gasteiger partial charge on any atom is 0.309 e. The van der Waals surface area contributed by atoms with Crippen LogP contribution in [0.1, 0.15) is 34.6 Å². The molecule has 0 bridgehead atoms. The number of carbonyl (C=O) groups excluding carboxylic acids is 2. The van der Waals surface area contributed by atoms with Crippen molar-refractivity contribution in [3.63, 3.8) is 0 Å². The van der Waals surface area contributed by atoms with Crippen LogP contribution in [0.2, 0.25) is 0 Å². The van der Waals surface area contributed by atoms with Crippen molar-refractivity contribution < 1.29 is 14.3 Å². The first kappa shape index (κ1) is 17.3. The standard InChI is InChI=1S/C13H25NO3S/c1-9(2)14(10(3)4)12(15)8-18-7-11(5)13(16)17-6/h9-11H,7-8H2,1-6H3. The van der Waals surface area contributed by atoms with Crippen LogP contribution >= 0.6 is 11.8 Å². The van der Waals surface area contributed by atoms with E-state index in [2.05, 4.69) is 4.74 Å². The van der Waals surface area contributed by atoms with Crippen LogP contribution in [0.3, 0.4) is 0 Å². The zero-order chi connectivity index (χ0) is 14.3. The Kier molecular flexibility index (Phi) is 8.07. The summed E-state index contributed by atoms with van der Waals surface area (Å²) >= 11 is 1.48. The van der Waals surface area contributed by atoms with Crippen molar-refractivity contribution in [2.24, 2.45) is 5.92 Å². The normalized spacial score (nSPS) is 12.7. The molecular formula is C13H25NO3S. The van der Waals surface area contributed by atoms with Gasteiger partial charge in [-0.05, 0) is 27.7 Å². The maximum absolute atomic E-state index is 12.0. The molecular weight excluding hydrogens is 250 g/mol. The summed E-state index contributed by atoms with van der Waals surface area (Å²) < 4.78 is 4.65. The summed E-state index contributed by atoms with van der Waals surface area (Å²) in [5, 5.41) is 0. The Morgan fingerprint density at radius 3 is 2.00 bits per heavy atom. The lowest BCUT2D eigenvalue weighted by molar-refractivity contribution is -0.144. The van der Waals surface area contributed by atoms with Crippen molar-refractivity contribution in [2.45, 2.75) is 46.7 Å². The number of hydrogen-bond donors (Lipinski definition) is 0. The molecule has 0 radical (unpaired) electrons. The average molecular weight is 275 g/mol. The minimum absolute atomic E-state index is 0.127. The SMILES string of the molecule is COC(=O)C(C)CSCC(=O)N(C(C)C)C(C)C. The number of rotatable bonds is 7. The Morgan fingerprint density at radius 2 is 1.61 bits per heavy atom. The van der Waals surface area contributed by atoms with Crippen LogP contribution in [-0.4, -0.2) is 47.5 Å². The van der Waals surface area contributed by atoms with Gasteiger partial charge in [0.25, 0.3) is 0 Å². The third kappa shape index (κ3) is 5.76. The number of amides is 1. The highest BCUT2D eigenvalue weighted by Gasteiger charge is 2.20. The summed E-state index contributed by atoms with van der Waals surface area (Å²) in [5.74, 6) is 0.765. The van der Waals surface area contributed by atoms with Gasteiger partial charge in [-0.15, -0.1) is 0 Å². The summed E-state index contributed by atoms with van der Waals surface area (Å²) in [6.45, 7) is 9.87. The second kappa shape index (κ2) is 8.40. The van der Waals surface area contributed by atoms with E-state index in [4.69, 9.17) is 0 Å². The second-order valence-corrected chi connectivity index (χ2v) is 5.96. The molecule has 0 N–H and O–H groups in total. The Morgan fingerprint density at radius 1 is 1.11 bits per heavy atom. The van der Waals surface area contributed by atoms with Gasteiger partial charge in [0.2, 0.25) is 5.91 Å². The number of carbonyl (C=O) groups is 2. The number of hydrogen-bond acceptors (Lipinski definition) is 4. The van der Waals surface area contributed by atoms with Crippen molar-refractivity contribution in [3.05, 3.63) is 0 Å². The molecule has 0 aliphatic heterocycles. The number of nitrogens with zero attached hydrogens (tertiary/aromatic N) is 1. The van der Waals surface area contributed by atoms with Gasteiger partial charge in [0, 0.05) is 17.8 Å². The minimum Gasteiger partial charge on any atom is -0.469 e. The molecule has 0 fully saturated rings. The van der Waals surface area contributed by atoms with E-state index in [-0.39, 0.29) is 29.9 Å². The van der Waals surface area contributed by atoms with E-state index in [0.717, 1.165) is 0 Å². The zero-order valence-electron chi connectivity index (χ0n) is 12.2. The molecule has 0 aliphatic carbocycles. The van der Waals surface area contributed by atoms with Crippen molar-refractivity contribution in [3.8, 4) is 0 Å². The van der Waals surface area contributed by atoms with E-state index in [1.165, 1.54) is 18.9 Å². The molecule has 4 nitrogen and oxygen atoms in total. The maximum atomic E-state index is 12.0. The minimum atomic E-state index is -0.223. The van der Waals surface area contributed by atoms with Crippen LogP contribution in [0.4, 0.5) is 0 Å². The van der Waals surface area contributed by atoms with Gasteiger partial charge in [0.05, 0.1) is 18.8 Å². The lowest BCUT2D eigenvalue weighted by Crippen LogP contribution is -2.43. The lowest BCUT2D eigenvalue weighted by Gasteiger charge is -2.30. The lowest BCUT2D eigenvalue weighted by atomic mass is 10.2. The molecule has 5 heteroatoms. The molecule has 0 aliphatic rings. The highest BCUT2D eigenvalue weighted by molar-refractivity contribution is 7.99. The van der Waals surface area contributed by atoms with Crippen LogP contribution < -0.4 is 0 Å². The molecule has 106 valence electrons. The van der Waals surface area contributed by atoms with Gasteiger partial charge in [-0.3, -0.25) is 9.59 Å². The van der Waals surface area contributed by atoms with E-state index in [9.17, 15) is 9.59 Å². The molecule has 0 aromatic heterocycles. The average Bonchev–Trinajstić information content (AvgIpc) is 2.26. The summed E-state index contributed by atoms with van der Waals surface area (Å²) in [5.41, 5.74) is 0. The fourth-order valence-corrected chi connectivity index (χ4v) is 2.77. The van der Waals surface area contributed by atoms with Crippen molar-refractivity contribution in [1.29, 1.82) is 0 Å². The fraction of sp³-hybridized carbons (Fsp3) is 0.846. The van der Waals surface area contributed by atoms with E-state index >= 15 is 0 Å². The molecule has 0 rings (SSSR count). The van der Waals surface area contributed by atoms with E-state index in [0.29, 0.717) is 11.5 Å². The molecule has 0 aromatic carbocycles. The van der Waals surface area contributed by atoms with Crippen molar-refractivity contribution >= 4 is 23.6 Å². The second-order valence-electron chi connectivity index (χ2n) is 4.93. The first-order valence-electron chi connectivity index (χ1n) is 6.28. The van der Waals surface area contributed by atoms with Crippen LogP contribution in [0, 0.1) is 5.92 Å². The fourth-order valence-electron chi connectivity index (χ4n) is 1.84.